The number of rotatable bonds is 57. The minimum Gasteiger partial charge on any atom is -0.462 e. The number of carbonyl (C=O) groups is 3. The Kier molecular flexibility index (Phi) is 57.2. The monoisotopic (exact) mass is 983 g/mol. The SMILES string of the molecule is CCCCCCC/C=C\C/C=C\CCCCCCCCCCCCCCCCCC(=O)OCC(COC(=O)CCCCCCCCCC)OC(=O)CCCCCCCCC/C=C\CCCCCCCC. The van der Waals surface area contributed by atoms with E-state index in [-0.39, 0.29) is 31.1 Å². The maximum atomic E-state index is 12.8. The summed E-state index contributed by atoms with van der Waals surface area (Å²) in [6.07, 6.45) is 71.7. The van der Waals surface area contributed by atoms with Crippen molar-refractivity contribution >= 4 is 17.9 Å². The fourth-order valence-corrected chi connectivity index (χ4v) is 9.18. The van der Waals surface area contributed by atoms with E-state index < -0.39 is 6.10 Å². The van der Waals surface area contributed by atoms with Crippen LogP contribution in [-0.2, 0) is 28.6 Å². The second kappa shape index (κ2) is 59.2. The first-order valence-corrected chi connectivity index (χ1v) is 31.0. The molecule has 410 valence electrons. The van der Waals surface area contributed by atoms with E-state index in [1.807, 2.05) is 0 Å². The van der Waals surface area contributed by atoms with Gasteiger partial charge in [-0.25, -0.2) is 0 Å². The number of hydrogen-bond acceptors (Lipinski definition) is 6. The summed E-state index contributed by atoms with van der Waals surface area (Å²) in [6.45, 7) is 6.64. The summed E-state index contributed by atoms with van der Waals surface area (Å²) in [4.78, 5) is 38.1. The predicted octanol–water partition coefficient (Wildman–Crippen LogP) is 20.8. The molecule has 0 rings (SSSR count). The number of ether oxygens (including phenoxy) is 3. The van der Waals surface area contributed by atoms with Gasteiger partial charge in [0.25, 0.3) is 0 Å². The molecule has 0 fully saturated rings. The van der Waals surface area contributed by atoms with E-state index in [1.54, 1.807) is 0 Å². The standard InChI is InChI=1S/C64H118O6/c1-4-7-10-13-16-19-21-23-25-27-28-29-30-31-32-33-34-35-36-38-39-41-43-45-48-51-54-57-63(66)69-60-61(59-68-62(65)56-53-50-47-18-15-12-9-6-3)70-64(67)58-55-52-49-46-44-42-40-37-26-24-22-20-17-14-11-8-5-2/h21,23-24,26-28,61H,4-20,22,25,29-60H2,1-3H3/b23-21-,26-24-,28-27-. The van der Waals surface area contributed by atoms with Crippen molar-refractivity contribution in [3.05, 3.63) is 36.5 Å². The molecule has 1 unspecified atom stereocenters. The highest BCUT2D eigenvalue weighted by Gasteiger charge is 2.19. The highest BCUT2D eigenvalue weighted by atomic mass is 16.6. The van der Waals surface area contributed by atoms with Crippen LogP contribution >= 0.6 is 0 Å². The molecule has 0 aromatic carbocycles. The van der Waals surface area contributed by atoms with E-state index in [4.69, 9.17) is 14.2 Å². The molecule has 70 heavy (non-hydrogen) atoms. The minimum atomic E-state index is -0.770. The van der Waals surface area contributed by atoms with Crippen molar-refractivity contribution in [1.29, 1.82) is 0 Å². The van der Waals surface area contributed by atoms with Crippen LogP contribution in [0.15, 0.2) is 36.5 Å². The average Bonchev–Trinajstić information content (AvgIpc) is 3.36. The molecule has 0 aromatic rings. The van der Waals surface area contributed by atoms with Crippen molar-refractivity contribution in [1.82, 2.24) is 0 Å². The van der Waals surface area contributed by atoms with Crippen molar-refractivity contribution in [3.63, 3.8) is 0 Å². The third kappa shape index (κ3) is 56.5. The van der Waals surface area contributed by atoms with E-state index in [0.29, 0.717) is 19.3 Å². The first-order valence-electron chi connectivity index (χ1n) is 31.0. The normalized spacial score (nSPS) is 12.2. The van der Waals surface area contributed by atoms with Crippen molar-refractivity contribution in [3.8, 4) is 0 Å². The largest absolute Gasteiger partial charge is 0.462 e. The average molecular weight is 984 g/mol. The second-order valence-corrected chi connectivity index (χ2v) is 21.0. The maximum absolute atomic E-state index is 12.8. The van der Waals surface area contributed by atoms with Crippen LogP contribution in [0, 0.1) is 0 Å². The smallest absolute Gasteiger partial charge is 0.306 e. The van der Waals surface area contributed by atoms with Crippen LogP contribution < -0.4 is 0 Å². The summed E-state index contributed by atoms with van der Waals surface area (Å²) < 4.78 is 16.8. The van der Waals surface area contributed by atoms with E-state index >= 15 is 0 Å². The third-order valence-electron chi connectivity index (χ3n) is 13.9. The molecule has 6 nitrogen and oxygen atoms in total. The highest BCUT2D eigenvalue weighted by Crippen LogP contribution is 2.17. The zero-order valence-corrected chi connectivity index (χ0v) is 47.1. The lowest BCUT2D eigenvalue weighted by Crippen LogP contribution is -2.30. The molecule has 0 saturated carbocycles. The zero-order valence-electron chi connectivity index (χ0n) is 47.1. The van der Waals surface area contributed by atoms with Crippen LogP contribution in [0.1, 0.15) is 335 Å². The Morgan fingerprint density at radius 1 is 0.286 bits per heavy atom. The molecule has 1 atom stereocenters. The van der Waals surface area contributed by atoms with Gasteiger partial charge in [0.05, 0.1) is 0 Å². The van der Waals surface area contributed by atoms with Crippen molar-refractivity contribution in [2.24, 2.45) is 0 Å². The number of allylic oxidation sites excluding steroid dienone is 6. The van der Waals surface area contributed by atoms with Gasteiger partial charge in [-0.1, -0.05) is 276 Å². The Morgan fingerprint density at radius 3 is 0.800 bits per heavy atom. The van der Waals surface area contributed by atoms with Crippen LogP contribution in [0.4, 0.5) is 0 Å². The lowest BCUT2D eigenvalue weighted by atomic mass is 10.0. The first-order chi connectivity index (χ1) is 34.5. The molecular weight excluding hydrogens is 865 g/mol. The molecule has 0 heterocycles. The molecule has 0 bridgehead atoms. The molecule has 0 aliphatic rings. The van der Waals surface area contributed by atoms with Gasteiger partial charge in [-0.3, -0.25) is 14.4 Å². The summed E-state index contributed by atoms with van der Waals surface area (Å²) >= 11 is 0. The lowest BCUT2D eigenvalue weighted by molar-refractivity contribution is -0.167. The number of hydrogen-bond donors (Lipinski definition) is 0. The number of carbonyl (C=O) groups excluding carboxylic acids is 3. The van der Waals surface area contributed by atoms with Crippen LogP contribution in [0.5, 0.6) is 0 Å². The Bertz CT molecular complexity index is 1170. The van der Waals surface area contributed by atoms with Gasteiger partial charge in [0.1, 0.15) is 13.2 Å². The van der Waals surface area contributed by atoms with Crippen LogP contribution in [0.3, 0.4) is 0 Å². The molecule has 0 N–H and O–H groups in total. The fourth-order valence-electron chi connectivity index (χ4n) is 9.18. The fraction of sp³-hybridized carbons (Fsp3) is 0.859. The predicted molar refractivity (Wildman–Crippen MR) is 302 cm³/mol. The van der Waals surface area contributed by atoms with Gasteiger partial charge >= 0.3 is 17.9 Å². The topological polar surface area (TPSA) is 78.9 Å². The van der Waals surface area contributed by atoms with E-state index in [1.165, 1.54) is 231 Å². The summed E-state index contributed by atoms with van der Waals surface area (Å²) in [5.41, 5.74) is 0. The summed E-state index contributed by atoms with van der Waals surface area (Å²) in [6, 6.07) is 0. The van der Waals surface area contributed by atoms with Gasteiger partial charge in [0.15, 0.2) is 6.10 Å². The first kappa shape index (κ1) is 67.6. The van der Waals surface area contributed by atoms with E-state index in [0.717, 1.165) is 64.2 Å². The van der Waals surface area contributed by atoms with Gasteiger partial charge < -0.3 is 14.2 Å². The Labute approximate surface area is 435 Å². The van der Waals surface area contributed by atoms with Crippen molar-refractivity contribution in [2.75, 3.05) is 13.2 Å². The molecule has 0 amide bonds. The van der Waals surface area contributed by atoms with E-state index in [9.17, 15) is 14.4 Å². The zero-order chi connectivity index (χ0) is 50.7. The van der Waals surface area contributed by atoms with Crippen LogP contribution in [0.25, 0.3) is 0 Å². The molecular formula is C64H118O6. The summed E-state index contributed by atoms with van der Waals surface area (Å²) in [5, 5.41) is 0. The summed E-state index contributed by atoms with van der Waals surface area (Å²) in [7, 11) is 0. The summed E-state index contributed by atoms with van der Waals surface area (Å²) in [5.74, 6) is -0.860. The van der Waals surface area contributed by atoms with Crippen LogP contribution in [0.2, 0.25) is 0 Å². The molecule has 0 aromatic heterocycles. The van der Waals surface area contributed by atoms with Gasteiger partial charge in [-0.15, -0.1) is 0 Å². The number of esters is 3. The lowest BCUT2D eigenvalue weighted by Gasteiger charge is -2.18. The van der Waals surface area contributed by atoms with Gasteiger partial charge in [0, 0.05) is 19.3 Å². The van der Waals surface area contributed by atoms with Crippen molar-refractivity contribution in [2.45, 2.75) is 341 Å². The Hall–Kier alpha value is -2.37. The Morgan fingerprint density at radius 2 is 0.514 bits per heavy atom. The molecule has 0 aliphatic heterocycles. The third-order valence-corrected chi connectivity index (χ3v) is 13.9. The number of unbranched alkanes of at least 4 members (excludes halogenated alkanes) is 40. The molecule has 0 radical (unpaired) electrons. The van der Waals surface area contributed by atoms with Crippen LogP contribution in [-0.4, -0.2) is 37.2 Å². The second-order valence-electron chi connectivity index (χ2n) is 21.0. The molecule has 6 heteroatoms. The Balaban J connectivity index is 4.11. The van der Waals surface area contributed by atoms with E-state index in [2.05, 4.69) is 57.2 Å². The molecule has 0 spiro atoms. The van der Waals surface area contributed by atoms with Gasteiger partial charge in [-0.05, 0) is 77.0 Å². The van der Waals surface area contributed by atoms with Gasteiger partial charge in [0.2, 0.25) is 0 Å². The van der Waals surface area contributed by atoms with Gasteiger partial charge in [-0.2, -0.15) is 0 Å². The molecule has 0 saturated heterocycles. The highest BCUT2D eigenvalue weighted by molar-refractivity contribution is 5.71. The quantitative estimate of drug-likeness (QED) is 0.0261. The minimum absolute atomic E-state index is 0.0699. The van der Waals surface area contributed by atoms with Crippen molar-refractivity contribution < 1.29 is 28.6 Å². The maximum Gasteiger partial charge on any atom is 0.306 e. The molecule has 0 aliphatic carbocycles.